The van der Waals surface area contributed by atoms with Gasteiger partial charge >= 0.3 is 0 Å². The number of halogens is 1. The van der Waals surface area contributed by atoms with Crippen LogP contribution in [0.4, 0.5) is 0 Å². The Morgan fingerprint density at radius 3 is 2.11 bits per heavy atom. The summed E-state index contributed by atoms with van der Waals surface area (Å²) in [7, 11) is -2.50. The average Bonchev–Trinajstić information content (AvgIpc) is 3.06. The Bertz CT molecular complexity index is 897. The second-order valence-corrected chi connectivity index (χ2v) is 14.4. The van der Waals surface area contributed by atoms with Crippen LogP contribution in [-0.4, -0.2) is 19.4 Å². The number of hydrogen-bond donors (Lipinski definition) is 0. The Morgan fingerprint density at radius 1 is 1.00 bits per heavy atom. The highest BCUT2D eigenvalue weighted by Crippen LogP contribution is 2.40. The summed E-state index contributed by atoms with van der Waals surface area (Å²) in [5.74, 6) is 0. The van der Waals surface area contributed by atoms with E-state index in [0.717, 1.165) is 25.0 Å². The predicted octanol–water partition coefficient (Wildman–Crippen LogP) is 5.23. The van der Waals surface area contributed by atoms with E-state index >= 15 is 0 Å². The lowest BCUT2D eigenvalue weighted by Gasteiger charge is -2.45. The molecule has 1 aliphatic carbocycles. The van der Waals surface area contributed by atoms with Gasteiger partial charge in [0, 0.05) is 11.3 Å². The number of rotatable bonds is 4. The summed E-state index contributed by atoms with van der Waals surface area (Å²) in [4.78, 5) is 5.78. The topological polar surface area (TPSA) is 22.1 Å². The summed E-state index contributed by atoms with van der Waals surface area (Å²) in [6.45, 7) is 6.99. The molecule has 5 heteroatoms. The lowest BCUT2D eigenvalue weighted by molar-refractivity contribution is 0.172. The first-order chi connectivity index (χ1) is 13.4. The SMILES string of the molecule is CC(C)(C)[Si](OC1CCc2nc(Cl)sc2C1)(c1ccccc1)c1ccccc1. The van der Waals surface area contributed by atoms with Crippen LogP contribution in [0.5, 0.6) is 0 Å². The highest BCUT2D eigenvalue weighted by Gasteiger charge is 2.51. The molecule has 146 valence electrons. The fourth-order valence-electron chi connectivity index (χ4n) is 4.36. The molecule has 28 heavy (non-hydrogen) atoms. The van der Waals surface area contributed by atoms with E-state index in [9.17, 15) is 0 Å². The largest absolute Gasteiger partial charge is 0.404 e. The zero-order valence-electron chi connectivity index (χ0n) is 16.6. The van der Waals surface area contributed by atoms with Crippen molar-refractivity contribution in [3.8, 4) is 0 Å². The van der Waals surface area contributed by atoms with Crippen molar-refractivity contribution in [2.24, 2.45) is 0 Å². The molecule has 1 unspecified atom stereocenters. The quantitative estimate of drug-likeness (QED) is 0.532. The number of thiazole rings is 1. The number of fused-ring (bicyclic) bond motifs is 1. The molecule has 0 amide bonds. The molecular weight excluding hydrogens is 402 g/mol. The van der Waals surface area contributed by atoms with Crippen LogP contribution in [0.25, 0.3) is 0 Å². The molecule has 0 fully saturated rings. The highest BCUT2D eigenvalue weighted by molar-refractivity contribution is 7.15. The Labute approximate surface area is 177 Å². The van der Waals surface area contributed by atoms with Crippen molar-refractivity contribution in [2.45, 2.75) is 51.2 Å². The molecule has 1 aromatic heterocycles. The van der Waals surface area contributed by atoms with Gasteiger partial charge in [-0.05, 0) is 28.3 Å². The minimum atomic E-state index is -2.50. The van der Waals surface area contributed by atoms with Gasteiger partial charge in [-0.2, -0.15) is 0 Å². The van der Waals surface area contributed by atoms with E-state index in [4.69, 9.17) is 16.0 Å². The Morgan fingerprint density at radius 2 is 1.57 bits per heavy atom. The smallest absolute Gasteiger partial charge is 0.261 e. The van der Waals surface area contributed by atoms with Crippen molar-refractivity contribution in [3.05, 3.63) is 75.7 Å². The summed E-state index contributed by atoms with van der Waals surface area (Å²) in [6.07, 6.45) is 3.04. The van der Waals surface area contributed by atoms with E-state index in [1.807, 2.05) is 0 Å². The van der Waals surface area contributed by atoms with Crippen LogP contribution in [-0.2, 0) is 17.3 Å². The molecule has 3 aromatic rings. The van der Waals surface area contributed by atoms with Crippen molar-refractivity contribution in [1.29, 1.82) is 0 Å². The maximum atomic E-state index is 7.26. The molecule has 0 spiro atoms. The summed E-state index contributed by atoms with van der Waals surface area (Å²) in [6, 6.07) is 21.7. The Balaban J connectivity index is 1.79. The lowest BCUT2D eigenvalue weighted by Crippen LogP contribution is -2.68. The monoisotopic (exact) mass is 427 g/mol. The average molecular weight is 428 g/mol. The van der Waals surface area contributed by atoms with Crippen LogP contribution in [0.1, 0.15) is 37.8 Å². The van der Waals surface area contributed by atoms with Gasteiger partial charge in [-0.3, -0.25) is 0 Å². The molecule has 1 atom stereocenters. The van der Waals surface area contributed by atoms with Gasteiger partial charge < -0.3 is 4.43 Å². The van der Waals surface area contributed by atoms with E-state index in [1.54, 1.807) is 11.3 Å². The minimum Gasteiger partial charge on any atom is -0.404 e. The number of hydrogen-bond acceptors (Lipinski definition) is 3. The third-order valence-electron chi connectivity index (χ3n) is 5.63. The summed E-state index contributed by atoms with van der Waals surface area (Å²) in [5, 5.41) is 2.67. The molecule has 0 aliphatic heterocycles. The van der Waals surface area contributed by atoms with Crippen LogP contribution in [0.15, 0.2) is 60.7 Å². The molecule has 0 saturated carbocycles. The molecule has 0 N–H and O–H groups in total. The van der Waals surface area contributed by atoms with Crippen LogP contribution >= 0.6 is 22.9 Å². The van der Waals surface area contributed by atoms with Crippen molar-refractivity contribution in [2.75, 3.05) is 0 Å². The second kappa shape index (κ2) is 7.75. The number of nitrogens with zero attached hydrogens (tertiary/aromatic N) is 1. The van der Waals surface area contributed by atoms with Gasteiger partial charge in [-0.25, -0.2) is 4.98 Å². The maximum absolute atomic E-state index is 7.26. The van der Waals surface area contributed by atoms with Crippen molar-refractivity contribution in [3.63, 3.8) is 0 Å². The normalized spacial score (nSPS) is 17.4. The molecule has 1 heterocycles. The lowest BCUT2D eigenvalue weighted by atomic mass is 10.0. The molecule has 0 radical (unpaired) electrons. The first kappa shape index (κ1) is 19.8. The summed E-state index contributed by atoms with van der Waals surface area (Å²) in [5.41, 5.74) is 1.16. The summed E-state index contributed by atoms with van der Waals surface area (Å²) >= 11 is 7.78. The molecule has 2 nitrogen and oxygen atoms in total. The van der Waals surface area contributed by atoms with Crippen molar-refractivity contribution >= 4 is 41.6 Å². The van der Waals surface area contributed by atoms with Gasteiger partial charge in [0.15, 0.2) is 4.47 Å². The van der Waals surface area contributed by atoms with Gasteiger partial charge in [0.2, 0.25) is 0 Å². The van der Waals surface area contributed by atoms with Crippen molar-refractivity contribution in [1.82, 2.24) is 4.98 Å². The first-order valence-electron chi connectivity index (χ1n) is 9.83. The van der Waals surface area contributed by atoms with Crippen LogP contribution < -0.4 is 10.4 Å². The van der Waals surface area contributed by atoms with Gasteiger partial charge in [-0.1, -0.05) is 93.0 Å². The van der Waals surface area contributed by atoms with Gasteiger partial charge in [0.1, 0.15) is 0 Å². The molecular formula is C23H26ClNOSSi. The van der Waals surface area contributed by atoms with Crippen LogP contribution in [0, 0.1) is 0 Å². The van der Waals surface area contributed by atoms with E-state index < -0.39 is 8.32 Å². The molecule has 1 aliphatic rings. The zero-order chi connectivity index (χ0) is 19.8. The number of aromatic nitrogens is 1. The van der Waals surface area contributed by atoms with Crippen LogP contribution in [0.2, 0.25) is 9.51 Å². The van der Waals surface area contributed by atoms with Gasteiger partial charge in [0.05, 0.1) is 11.8 Å². The maximum Gasteiger partial charge on any atom is 0.261 e. The fourth-order valence-corrected chi connectivity index (χ4v) is 10.3. The Hall–Kier alpha value is -1.46. The molecule has 2 aromatic carbocycles. The third kappa shape index (κ3) is 3.59. The number of benzene rings is 2. The van der Waals surface area contributed by atoms with Gasteiger partial charge in [-0.15, -0.1) is 11.3 Å². The van der Waals surface area contributed by atoms with E-state index in [2.05, 4.69) is 86.4 Å². The standard InChI is InChI=1S/C23H26ClNOSSi/c1-23(2,3)28(18-10-6-4-7-11-18,19-12-8-5-9-13-19)26-17-14-15-20-21(16-17)27-22(24)25-20/h4-13,17H,14-16H2,1-3H3. The zero-order valence-corrected chi connectivity index (χ0v) is 19.2. The predicted molar refractivity (Wildman–Crippen MR) is 122 cm³/mol. The Kier molecular flexibility index (Phi) is 5.49. The second-order valence-electron chi connectivity index (χ2n) is 8.48. The fraction of sp³-hybridized carbons (Fsp3) is 0.348. The highest BCUT2D eigenvalue weighted by atomic mass is 35.5. The molecule has 0 saturated heterocycles. The molecule has 4 rings (SSSR count). The third-order valence-corrected chi connectivity index (χ3v) is 11.9. The first-order valence-corrected chi connectivity index (χ1v) is 12.9. The van der Waals surface area contributed by atoms with E-state index in [0.29, 0.717) is 4.47 Å². The summed E-state index contributed by atoms with van der Waals surface area (Å²) < 4.78 is 7.91. The molecule has 0 bridgehead atoms. The van der Waals surface area contributed by atoms with Crippen LogP contribution in [0.3, 0.4) is 0 Å². The van der Waals surface area contributed by atoms with E-state index in [1.165, 1.54) is 15.3 Å². The minimum absolute atomic E-state index is 0.00132. The van der Waals surface area contributed by atoms with Crippen molar-refractivity contribution < 1.29 is 4.43 Å². The van der Waals surface area contributed by atoms with E-state index in [-0.39, 0.29) is 11.1 Å². The van der Waals surface area contributed by atoms with Gasteiger partial charge in [0.25, 0.3) is 8.32 Å². The number of aryl methyl sites for hydroxylation is 1.